The van der Waals surface area contributed by atoms with Crippen molar-refractivity contribution in [2.24, 2.45) is 7.05 Å². The van der Waals surface area contributed by atoms with E-state index in [9.17, 15) is 9.18 Å². The number of carbonyl (C=O) groups is 1. The van der Waals surface area contributed by atoms with E-state index in [4.69, 9.17) is 15.1 Å². The molecule has 8 nitrogen and oxygen atoms in total. The van der Waals surface area contributed by atoms with Gasteiger partial charge in [-0.1, -0.05) is 6.07 Å². The van der Waals surface area contributed by atoms with Gasteiger partial charge < -0.3 is 25.3 Å². The highest BCUT2D eigenvalue weighted by Crippen LogP contribution is 2.28. The van der Waals surface area contributed by atoms with E-state index < -0.39 is 5.82 Å². The highest BCUT2D eigenvalue weighted by atomic mass is 19.1. The van der Waals surface area contributed by atoms with Crippen LogP contribution in [0, 0.1) is 11.2 Å². The highest BCUT2D eigenvalue weighted by molar-refractivity contribution is 6.03. The second kappa shape index (κ2) is 9.54. The molecule has 1 aliphatic heterocycles. The molecule has 4 rings (SSSR count). The van der Waals surface area contributed by atoms with E-state index in [1.165, 1.54) is 18.3 Å². The summed E-state index contributed by atoms with van der Waals surface area (Å²) < 4.78 is 21.6. The molecule has 1 aliphatic rings. The Hall–Kier alpha value is -3.17. The number of rotatable bonds is 8. The maximum absolute atomic E-state index is 14.2. The van der Waals surface area contributed by atoms with Crippen LogP contribution >= 0.6 is 0 Å². The maximum Gasteiger partial charge on any atom is 0.272 e. The van der Waals surface area contributed by atoms with Crippen LogP contribution in [0.4, 0.5) is 4.39 Å². The summed E-state index contributed by atoms with van der Waals surface area (Å²) in [5, 5.41) is 13.5. The number of ether oxygens (including phenoxy) is 1. The van der Waals surface area contributed by atoms with Gasteiger partial charge in [-0.05, 0) is 42.8 Å². The zero-order chi connectivity index (χ0) is 22.7. The average molecular weight is 439 g/mol. The smallest absolute Gasteiger partial charge is 0.272 e. The molecule has 3 N–H and O–H groups in total. The zero-order valence-corrected chi connectivity index (χ0v) is 18.2. The molecule has 0 spiro atoms. The molecule has 2 atom stereocenters. The SMILES string of the molecule is CNCC(C=N)c1cc(F)cc(CNC(=O)c2nccc3nc(C4CCOC4)n(C)c23)c1. The summed E-state index contributed by atoms with van der Waals surface area (Å²) >= 11 is 0. The van der Waals surface area contributed by atoms with E-state index in [0.29, 0.717) is 41.9 Å². The quantitative estimate of drug-likeness (QED) is 0.469. The Kier molecular flexibility index (Phi) is 6.57. The van der Waals surface area contributed by atoms with E-state index in [1.54, 1.807) is 19.3 Å². The van der Waals surface area contributed by atoms with Crippen LogP contribution in [-0.4, -0.2) is 53.5 Å². The predicted molar refractivity (Wildman–Crippen MR) is 120 cm³/mol. The lowest BCUT2D eigenvalue weighted by Crippen LogP contribution is -2.25. The van der Waals surface area contributed by atoms with E-state index in [2.05, 4.69) is 15.6 Å². The van der Waals surface area contributed by atoms with Crippen molar-refractivity contribution in [3.63, 3.8) is 0 Å². The first kappa shape index (κ1) is 22.0. The molecule has 0 radical (unpaired) electrons. The van der Waals surface area contributed by atoms with Gasteiger partial charge in [0, 0.05) is 51.0 Å². The number of fused-ring (bicyclic) bond motifs is 1. The topological polar surface area (TPSA) is 105 Å². The second-order valence-corrected chi connectivity index (χ2v) is 8.02. The lowest BCUT2D eigenvalue weighted by Gasteiger charge is -2.14. The number of imidazole rings is 1. The summed E-state index contributed by atoms with van der Waals surface area (Å²) in [6.07, 6.45) is 3.76. The molecule has 0 bridgehead atoms. The van der Waals surface area contributed by atoms with Gasteiger partial charge in [-0.2, -0.15) is 0 Å². The number of nitrogens with zero attached hydrogens (tertiary/aromatic N) is 3. The van der Waals surface area contributed by atoms with Crippen molar-refractivity contribution in [2.45, 2.75) is 24.8 Å². The standard InChI is InChI=1S/C23H27FN6O2/c1-26-12-17(10-25)16-7-14(8-18(24)9-16)11-28-23(31)20-21-19(3-5-27-20)29-22(30(21)2)15-4-6-32-13-15/h3,5,7-10,15,17,25-26H,4,6,11-13H2,1-2H3,(H,28,31). The molecule has 3 aromatic rings. The molecular weight excluding hydrogens is 411 g/mol. The van der Waals surface area contributed by atoms with Crippen LogP contribution in [0.15, 0.2) is 30.5 Å². The third-order valence-corrected chi connectivity index (χ3v) is 5.81. The van der Waals surface area contributed by atoms with Gasteiger partial charge >= 0.3 is 0 Å². The normalized spacial score (nSPS) is 16.9. The molecule has 1 saturated heterocycles. The van der Waals surface area contributed by atoms with Crippen molar-refractivity contribution in [3.05, 3.63) is 58.9 Å². The van der Waals surface area contributed by atoms with E-state index in [1.807, 2.05) is 17.7 Å². The molecule has 1 aromatic carbocycles. The van der Waals surface area contributed by atoms with Crippen LogP contribution in [0.2, 0.25) is 0 Å². The molecule has 1 amide bonds. The fourth-order valence-electron chi connectivity index (χ4n) is 4.20. The first-order valence-corrected chi connectivity index (χ1v) is 10.6. The first-order chi connectivity index (χ1) is 15.5. The Morgan fingerprint density at radius 3 is 3.00 bits per heavy atom. The number of likely N-dealkylation sites (N-methyl/N-ethyl adjacent to an activating group) is 1. The predicted octanol–water partition coefficient (Wildman–Crippen LogP) is 2.49. The van der Waals surface area contributed by atoms with Crippen molar-refractivity contribution in [1.82, 2.24) is 25.2 Å². The average Bonchev–Trinajstić information content (AvgIpc) is 3.43. The van der Waals surface area contributed by atoms with Gasteiger partial charge in [-0.3, -0.25) is 4.79 Å². The second-order valence-electron chi connectivity index (χ2n) is 8.02. The van der Waals surface area contributed by atoms with Crippen molar-refractivity contribution in [1.29, 1.82) is 5.41 Å². The lowest BCUT2D eigenvalue weighted by atomic mass is 9.98. The Labute approximate surface area is 185 Å². The van der Waals surface area contributed by atoms with E-state index >= 15 is 0 Å². The highest BCUT2D eigenvalue weighted by Gasteiger charge is 2.25. The van der Waals surface area contributed by atoms with E-state index in [0.717, 1.165) is 12.2 Å². The van der Waals surface area contributed by atoms with Crippen LogP contribution in [0.3, 0.4) is 0 Å². The van der Waals surface area contributed by atoms with Gasteiger partial charge in [0.05, 0.1) is 17.6 Å². The number of pyridine rings is 1. The molecule has 2 aromatic heterocycles. The minimum absolute atomic E-state index is 0.146. The van der Waals surface area contributed by atoms with Crippen LogP contribution < -0.4 is 10.6 Å². The van der Waals surface area contributed by atoms with Crippen LogP contribution in [0.5, 0.6) is 0 Å². The van der Waals surface area contributed by atoms with Crippen LogP contribution in [0.1, 0.15) is 45.7 Å². The number of nitrogens with one attached hydrogen (secondary N) is 3. The van der Waals surface area contributed by atoms with Crippen molar-refractivity contribution in [3.8, 4) is 0 Å². The fourth-order valence-corrected chi connectivity index (χ4v) is 4.20. The first-order valence-electron chi connectivity index (χ1n) is 10.6. The Morgan fingerprint density at radius 2 is 2.28 bits per heavy atom. The number of amides is 1. The van der Waals surface area contributed by atoms with Crippen LogP contribution in [-0.2, 0) is 18.3 Å². The molecule has 2 unspecified atom stereocenters. The summed E-state index contributed by atoms with van der Waals surface area (Å²) in [4.78, 5) is 22.0. The van der Waals surface area contributed by atoms with Gasteiger partial charge in [0.2, 0.25) is 0 Å². The largest absolute Gasteiger partial charge is 0.381 e. The molecular formula is C23H27FN6O2. The zero-order valence-electron chi connectivity index (χ0n) is 18.2. The molecule has 168 valence electrons. The van der Waals surface area contributed by atoms with Crippen LogP contribution in [0.25, 0.3) is 11.0 Å². The summed E-state index contributed by atoms with van der Waals surface area (Å²) in [6, 6.07) is 6.42. The number of aryl methyl sites for hydroxylation is 1. The van der Waals surface area contributed by atoms with Crippen molar-refractivity contribution < 1.29 is 13.9 Å². The van der Waals surface area contributed by atoms with Gasteiger partial charge in [-0.25, -0.2) is 14.4 Å². The molecule has 1 fully saturated rings. The number of halogens is 1. The molecule has 32 heavy (non-hydrogen) atoms. The minimum atomic E-state index is -0.398. The molecule has 0 aliphatic carbocycles. The minimum Gasteiger partial charge on any atom is -0.381 e. The number of hydrogen-bond donors (Lipinski definition) is 3. The number of aromatic nitrogens is 3. The summed E-state index contributed by atoms with van der Waals surface area (Å²) in [7, 11) is 3.67. The summed E-state index contributed by atoms with van der Waals surface area (Å²) in [6.45, 7) is 2.01. The molecule has 3 heterocycles. The molecule has 0 saturated carbocycles. The number of carbonyl (C=O) groups excluding carboxylic acids is 1. The monoisotopic (exact) mass is 438 g/mol. The third-order valence-electron chi connectivity index (χ3n) is 5.81. The Bertz CT molecular complexity index is 1140. The van der Waals surface area contributed by atoms with E-state index in [-0.39, 0.29) is 30.0 Å². The van der Waals surface area contributed by atoms with Crippen molar-refractivity contribution >= 4 is 23.2 Å². The Balaban J connectivity index is 1.56. The Morgan fingerprint density at radius 1 is 1.44 bits per heavy atom. The van der Waals surface area contributed by atoms with Crippen molar-refractivity contribution in [2.75, 3.05) is 26.8 Å². The summed E-state index contributed by atoms with van der Waals surface area (Å²) in [5.41, 5.74) is 2.98. The van der Waals surface area contributed by atoms with Gasteiger partial charge in [0.25, 0.3) is 5.91 Å². The van der Waals surface area contributed by atoms with Gasteiger partial charge in [0.1, 0.15) is 11.6 Å². The number of benzene rings is 1. The third kappa shape index (κ3) is 4.39. The molecule has 9 heteroatoms. The van der Waals surface area contributed by atoms with Gasteiger partial charge in [-0.15, -0.1) is 0 Å². The summed E-state index contributed by atoms with van der Waals surface area (Å²) in [5.74, 6) is 0.0976. The van der Waals surface area contributed by atoms with Gasteiger partial charge in [0.15, 0.2) is 5.69 Å². The fraction of sp³-hybridized carbons (Fsp3) is 0.391. The maximum atomic E-state index is 14.2. The number of hydrogen-bond acceptors (Lipinski definition) is 6. The lowest BCUT2D eigenvalue weighted by molar-refractivity contribution is 0.0947.